The summed E-state index contributed by atoms with van der Waals surface area (Å²) in [5, 5.41) is 4.63. The molecule has 0 unspecified atom stereocenters. The minimum atomic E-state index is -4.54. The maximum absolute atomic E-state index is 13.2. The highest BCUT2D eigenvalue weighted by Gasteiger charge is 2.58. The van der Waals surface area contributed by atoms with Crippen LogP contribution in [0.4, 0.5) is 19.0 Å². The van der Waals surface area contributed by atoms with E-state index in [-0.39, 0.29) is 6.04 Å². The van der Waals surface area contributed by atoms with Crippen LogP contribution in [0.3, 0.4) is 0 Å². The number of alkyl halides is 3. The van der Waals surface area contributed by atoms with Crippen molar-refractivity contribution in [3.63, 3.8) is 0 Å². The van der Waals surface area contributed by atoms with Crippen LogP contribution < -0.4 is 5.73 Å². The molecule has 2 fully saturated rings. The zero-order chi connectivity index (χ0) is 20.4. The van der Waals surface area contributed by atoms with Gasteiger partial charge in [-0.15, -0.1) is 0 Å². The summed E-state index contributed by atoms with van der Waals surface area (Å²) in [6, 6.07) is 3.76. The summed E-state index contributed by atoms with van der Waals surface area (Å²) in [6.45, 7) is 4.09. The Morgan fingerprint density at radius 1 is 1.18 bits per heavy atom. The predicted octanol–water partition coefficient (Wildman–Crippen LogP) is 4.18. The van der Waals surface area contributed by atoms with Crippen molar-refractivity contribution in [2.45, 2.75) is 50.9 Å². The van der Waals surface area contributed by atoms with Crippen LogP contribution >= 0.6 is 0 Å². The first-order valence-corrected chi connectivity index (χ1v) is 9.67. The first kappa shape index (κ1) is 19.2. The molecule has 2 aliphatic carbocycles. The molecule has 5 nitrogen and oxygen atoms in total. The second-order valence-electron chi connectivity index (χ2n) is 8.59. The number of rotatable bonds is 4. The average Bonchev–Trinajstić information content (AvgIpc) is 2.99. The smallest absolute Gasteiger partial charge is 0.383 e. The summed E-state index contributed by atoms with van der Waals surface area (Å²) in [5.41, 5.74) is 6.52. The Morgan fingerprint density at radius 3 is 2.36 bits per heavy atom. The van der Waals surface area contributed by atoms with E-state index in [4.69, 9.17) is 5.73 Å². The molecule has 0 amide bonds. The van der Waals surface area contributed by atoms with E-state index in [9.17, 15) is 13.2 Å². The van der Waals surface area contributed by atoms with E-state index in [2.05, 4.69) is 29.1 Å². The number of anilines is 1. The van der Waals surface area contributed by atoms with Gasteiger partial charge in [0.1, 0.15) is 5.82 Å². The van der Waals surface area contributed by atoms with E-state index in [1.54, 1.807) is 0 Å². The number of nitrogens with two attached hydrogens (primary N) is 1. The number of halogens is 3. The van der Waals surface area contributed by atoms with E-state index >= 15 is 0 Å². The standard InChI is InChI=1S/C20H26F3N5/c1-10(2)28-17(18-13-6-12(27(3)4)7-14(13)18)8-16(26-28)11-5-15(20(21,22)23)19(24)25-9-11/h5,8-10,12-14,18H,6-7H2,1-4H3,(H2,24,25)/t12-,13+,14-,18-. The number of fused-ring (bicyclic) bond motifs is 1. The molecule has 0 spiro atoms. The molecule has 0 radical (unpaired) electrons. The van der Waals surface area contributed by atoms with Crippen molar-refractivity contribution < 1.29 is 13.2 Å². The highest BCUT2D eigenvalue weighted by atomic mass is 19.4. The third-order valence-electron chi connectivity index (χ3n) is 6.27. The van der Waals surface area contributed by atoms with E-state index in [1.165, 1.54) is 19.0 Å². The molecule has 152 valence electrons. The molecule has 0 aliphatic heterocycles. The van der Waals surface area contributed by atoms with Crippen LogP contribution in [-0.2, 0) is 6.18 Å². The summed E-state index contributed by atoms with van der Waals surface area (Å²) < 4.78 is 41.6. The average molecular weight is 393 g/mol. The Hall–Kier alpha value is -2.09. The first-order chi connectivity index (χ1) is 13.1. The van der Waals surface area contributed by atoms with Gasteiger partial charge >= 0.3 is 6.18 Å². The summed E-state index contributed by atoms with van der Waals surface area (Å²) in [6.07, 6.45) is -0.826. The Balaban J connectivity index is 1.66. The zero-order valence-corrected chi connectivity index (χ0v) is 16.5. The van der Waals surface area contributed by atoms with Crippen LogP contribution in [0.5, 0.6) is 0 Å². The van der Waals surface area contributed by atoms with Crippen molar-refractivity contribution in [3.05, 3.63) is 29.6 Å². The molecule has 0 bridgehead atoms. The van der Waals surface area contributed by atoms with E-state index in [1.807, 2.05) is 24.6 Å². The lowest BCUT2D eigenvalue weighted by molar-refractivity contribution is -0.137. The topological polar surface area (TPSA) is 60.0 Å². The van der Waals surface area contributed by atoms with Crippen molar-refractivity contribution in [2.75, 3.05) is 19.8 Å². The fourth-order valence-corrected chi connectivity index (χ4v) is 4.73. The molecule has 28 heavy (non-hydrogen) atoms. The fraction of sp³-hybridized carbons (Fsp3) is 0.600. The third-order valence-corrected chi connectivity index (χ3v) is 6.27. The molecule has 8 heteroatoms. The van der Waals surface area contributed by atoms with Gasteiger partial charge in [0.2, 0.25) is 0 Å². The molecular weight excluding hydrogens is 367 g/mol. The second kappa shape index (κ2) is 6.47. The molecule has 2 aromatic rings. The van der Waals surface area contributed by atoms with Gasteiger partial charge in [-0.2, -0.15) is 18.3 Å². The Morgan fingerprint density at radius 2 is 1.82 bits per heavy atom. The zero-order valence-electron chi connectivity index (χ0n) is 16.5. The van der Waals surface area contributed by atoms with Crippen molar-refractivity contribution in [2.24, 2.45) is 11.8 Å². The summed E-state index contributed by atoms with van der Waals surface area (Å²) >= 11 is 0. The summed E-state index contributed by atoms with van der Waals surface area (Å²) in [7, 11) is 4.24. The molecule has 2 aromatic heterocycles. The van der Waals surface area contributed by atoms with Crippen LogP contribution in [0.1, 0.15) is 49.9 Å². The van der Waals surface area contributed by atoms with Gasteiger partial charge < -0.3 is 10.6 Å². The number of nitrogens with zero attached hydrogens (tertiary/aromatic N) is 4. The number of aromatic nitrogens is 3. The van der Waals surface area contributed by atoms with Crippen LogP contribution in [-0.4, -0.2) is 39.8 Å². The van der Waals surface area contributed by atoms with Crippen LogP contribution in [0.2, 0.25) is 0 Å². The molecule has 2 heterocycles. The van der Waals surface area contributed by atoms with Gasteiger partial charge in [-0.05, 0) is 64.8 Å². The lowest BCUT2D eigenvalue weighted by Crippen LogP contribution is -2.26. The normalized spacial score (nSPS) is 26.9. The van der Waals surface area contributed by atoms with E-state index in [0.717, 1.165) is 11.8 Å². The predicted molar refractivity (Wildman–Crippen MR) is 102 cm³/mol. The molecule has 0 aromatic carbocycles. The van der Waals surface area contributed by atoms with Crippen molar-refractivity contribution in [3.8, 4) is 11.3 Å². The largest absolute Gasteiger partial charge is 0.419 e. The highest BCUT2D eigenvalue weighted by molar-refractivity contribution is 5.63. The molecule has 2 aliphatic rings. The van der Waals surface area contributed by atoms with Gasteiger partial charge in [0.25, 0.3) is 0 Å². The quantitative estimate of drug-likeness (QED) is 0.847. The van der Waals surface area contributed by atoms with E-state index in [0.29, 0.717) is 35.1 Å². The summed E-state index contributed by atoms with van der Waals surface area (Å²) in [5.74, 6) is 1.23. The number of nitrogen functional groups attached to an aromatic ring is 1. The van der Waals surface area contributed by atoms with Crippen molar-refractivity contribution in [1.82, 2.24) is 19.7 Å². The minimum Gasteiger partial charge on any atom is -0.383 e. The van der Waals surface area contributed by atoms with Gasteiger partial charge in [-0.25, -0.2) is 4.98 Å². The molecule has 2 saturated carbocycles. The van der Waals surface area contributed by atoms with Crippen LogP contribution in [0.25, 0.3) is 11.3 Å². The molecule has 4 atom stereocenters. The second-order valence-corrected chi connectivity index (χ2v) is 8.59. The number of hydrogen-bond acceptors (Lipinski definition) is 4. The Kier molecular flexibility index (Phi) is 4.45. The highest BCUT2D eigenvalue weighted by Crippen LogP contribution is 2.64. The van der Waals surface area contributed by atoms with Crippen molar-refractivity contribution in [1.29, 1.82) is 0 Å². The molecular formula is C20H26F3N5. The SMILES string of the molecule is CC(C)n1nc(-c2cnc(N)c(C(F)(F)F)c2)cc1[C@H]1[C@@H]2C[C@H](N(C)C)C[C@@H]21. The number of pyridine rings is 1. The maximum atomic E-state index is 13.2. The Labute approximate surface area is 162 Å². The van der Waals surface area contributed by atoms with Gasteiger partial charge in [0.05, 0.1) is 11.3 Å². The maximum Gasteiger partial charge on any atom is 0.419 e. The number of hydrogen-bond donors (Lipinski definition) is 1. The van der Waals surface area contributed by atoms with Crippen LogP contribution in [0.15, 0.2) is 18.3 Å². The first-order valence-electron chi connectivity index (χ1n) is 9.67. The van der Waals surface area contributed by atoms with Gasteiger partial charge in [-0.3, -0.25) is 4.68 Å². The Bertz CT molecular complexity index is 874. The van der Waals surface area contributed by atoms with Gasteiger partial charge in [0.15, 0.2) is 0 Å². The van der Waals surface area contributed by atoms with Gasteiger partial charge in [-0.1, -0.05) is 0 Å². The summed E-state index contributed by atoms with van der Waals surface area (Å²) in [4.78, 5) is 6.04. The third kappa shape index (κ3) is 3.17. The van der Waals surface area contributed by atoms with Gasteiger partial charge in [0, 0.05) is 35.5 Å². The van der Waals surface area contributed by atoms with E-state index < -0.39 is 17.6 Å². The lowest BCUT2D eigenvalue weighted by atomic mass is 10.0. The van der Waals surface area contributed by atoms with Crippen molar-refractivity contribution >= 4 is 5.82 Å². The molecule has 2 N–H and O–H groups in total. The lowest BCUT2D eigenvalue weighted by Gasteiger charge is -2.22. The minimum absolute atomic E-state index is 0.138. The fourth-order valence-electron chi connectivity index (χ4n) is 4.73. The molecule has 0 saturated heterocycles. The monoisotopic (exact) mass is 393 g/mol. The molecule has 4 rings (SSSR count). The van der Waals surface area contributed by atoms with Crippen LogP contribution in [0, 0.1) is 11.8 Å².